The Balaban J connectivity index is 1.35. The summed E-state index contributed by atoms with van der Waals surface area (Å²) in [5, 5.41) is 3.46. The number of amides is 2. The number of piperidine rings is 1. The zero-order valence-corrected chi connectivity index (χ0v) is 16.1. The van der Waals surface area contributed by atoms with E-state index in [0.29, 0.717) is 35.9 Å². The van der Waals surface area contributed by atoms with Crippen molar-refractivity contribution in [1.29, 1.82) is 0 Å². The summed E-state index contributed by atoms with van der Waals surface area (Å²) in [5.74, 6) is 0.596. The molecular weight excluding hydrogens is 360 g/mol. The highest BCUT2D eigenvalue weighted by molar-refractivity contribution is 6.30. The van der Waals surface area contributed by atoms with Crippen LogP contribution in [0.4, 0.5) is 0 Å². The first-order valence-electron chi connectivity index (χ1n) is 9.50. The predicted molar refractivity (Wildman–Crippen MR) is 108 cm³/mol. The second kappa shape index (κ2) is 9.56. The summed E-state index contributed by atoms with van der Waals surface area (Å²) in [6.45, 7) is 2.12. The fourth-order valence-electron chi connectivity index (χ4n) is 3.49. The smallest absolute Gasteiger partial charge is 0.251 e. The predicted octanol–water partition coefficient (Wildman–Crippen LogP) is 4.26. The average molecular weight is 385 g/mol. The van der Waals surface area contributed by atoms with E-state index in [1.807, 2.05) is 11.0 Å². The van der Waals surface area contributed by atoms with Crippen LogP contribution in [0.3, 0.4) is 0 Å². The number of hydrogen-bond acceptors (Lipinski definition) is 2. The van der Waals surface area contributed by atoms with E-state index >= 15 is 0 Å². The monoisotopic (exact) mass is 384 g/mol. The SMILES string of the molecule is O=C(NCCCC(=O)N1CCC(c2ccccc2)CC1)c1ccc(Cl)cc1. The van der Waals surface area contributed by atoms with Crippen molar-refractivity contribution in [3.8, 4) is 0 Å². The van der Waals surface area contributed by atoms with Crippen molar-refractivity contribution in [1.82, 2.24) is 10.2 Å². The van der Waals surface area contributed by atoms with E-state index < -0.39 is 0 Å². The molecule has 5 heteroatoms. The first-order chi connectivity index (χ1) is 13.1. The van der Waals surface area contributed by atoms with Gasteiger partial charge in [0.1, 0.15) is 0 Å². The number of rotatable bonds is 6. The van der Waals surface area contributed by atoms with Gasteiger partial charge in [-0.15, -0.1) is 0 Å². The van der Waals surface area contributed by atoms with E-state index in [2.05, 4.69) is 29.6 Å². The van der Waals surface area contributed by atoms with Crippen molar-refractivity contribution in [2.45, 2.75) is 31.6 Å². The van der Waals surface area contributed by atoms with Crippen LogP contribution in [0.15, 0.2) is 54.6 Å². The van der Waals surface area contributed by atoms with Crippen LogP contribution in [-0.2, 0) is 4.79 Å². The van der Waals surface area contributed by atoms with Crippen LogP contribution in [0.1, 0.15) is 47.5 Å². The lowest BCUT2D eigenvalue weighted by Gasteiger charge is -2.32. The Bertz CT molecular complexity index is 754. The molecule has 4 nitrogen and oxygen atoms in total. The van der Waals surface area contributed by atoms with Gasteiger partial charge in [0.05, 0.1) is 0 Å². The molecule has 1 aliphatic rings. The van der Waals surface area contributed by atoms with Gasteiger partial charge >= 0.3 is 0 Å². The van der Waals surface area contributed by atoms with Gasteiger partial charge in [0.2, 0.25) is 5.91 Å². The summed E-state index contributed by atoms with van der Waals surface area (Å²) in [7, 11) is 0. The van der Waals surface area contributed by atoms with Gasteiger partial charge in [0.15, 0.2) is 0 Å². The third kappa shape index (κ3) is 5.57. The summed E-state index contributed by atoms with van der Waals surface area (Å²) in [5.41, 5.74) is 1.95. The molecular formula is C22H25ClN2O2. The molecule has 142 valence electrons. The van der Waals surface area contributed by atoms with Gasteiger partial charge in [-0.1, -0.05) is 41.9 Å². The van der Waals surface area contributed by atoms with E-state index in [1.54, 1.807) is 24.3 Å². The highest BCUT2D eigenvalue weighted by atomic mass is 35.5. The Morgan fingerprint density at radius 1 is 1.00 bits per heavy atom. The standard InChI is InChI=1S/C22H25ClN2O2/c23-20-10-8-19(9-11-20)22(27)24-14-4-7-21(26)25-15-12-18(13-16-25)17-5-2-1-3-6-17/h1-3,5-6,8-11,18H,4,7,12-16H2,(H,24,27). The van der Waals surface area contributed by atoms with Gasteiger partial charge in [-0.05, 0) is 55.0 Å². The molecule has 0 saturated carbocycles. The van der Waals surface area contributed by atoms with Gasteiger partial charge in [0.25, 0.3) is 5.91 Å². The molecule has 1 heterocycles. The third-order valence-electron chi connectivity index (χ3n) is 5.08. The van der Waals surface area contributed by atoms with E-state index in [9.17, 15) is 9.59 Å². The van der Waals surface area contributed by atoms with Crippen LogP contribution < -0.4 is 5.32 Å². The Morgan fingerprint density at radius 2 is 1.67 bits per heavy atom. The van der Waals surface area contributed by atoms with Crippen LogP contribution >= 0.6 is 11.6 Å². The average Bonchev–Trinajstić information content (AvgIpc) is 2.72. The van der Waals surface area contributed by atoms with Gasteiger partial charge in [0, 0.05) is 36.6 Å². The summed E-state index contributed by atoms with van der Waals surface area (Å²) < 4.78 is 0. The minimum Gasteiger partial charge on any atom is -0.352 e. The molecule has 1 N–H and O–H groups in total. The topological polar surface area (TPSA) is 49.4 Å². The second-order valence-electron chi connectivity index (χ2n) is 6.93. The maximum absolute atomic E-state index is 12.4. The van der Waals surface area contributed by atoms with Crippen LogP contribution in [0.2, 0.25) is 5.02 Å². The molecule has 0 atom stereocenters. The molecule has 0 aromatic heterocycles. The Labute approximate surface area is 165 Å². The Hall–Kier alpha value is -2.33. The minimum absolute atomic E-state index is 0.136. The lowest BCUT2D eigenvalue weighted by atomic mass is 9.89. The van der Waals surface area contributed by atoms with Crippen LogP contribution in [0.25, 0.3) is 0 Å². The maximum atomic E-state index is 12.4. The molecule has 1 saturated heterocycles. The second-order valence-corrected chi connectivity index (χ2v) is 7.37. The lowest BCUT2D eigenvalue weighted by molar-refractivity contribution is -0.132. The van der Waals surface area contributed by atoms with E-state index in [4.69, 9.17) is 11.6 Å². The van der Waals surface area contributed by atoms with E-state index in [1.165, 1.54) is 5.56 Å². The zero-order chi connectivity index (χ0) is 19.1. The van der Waals surface area contributed by atoms with Crippen LogP contribution in [0.5, 0.6) is 0 Å². The van der Waals surface area contributed by atoms with Crippen molar-refractivity contribution in [2.75, 3.05) is 19.6 Å². The van der Waals surface area contributed by atoms with Crippen molar-refractivity contribution in [2.24, 2.45) is 0 Å². The fourth-order valence-corrected chi connectivity index (χ4v) is 3.62. The van der Waals surface area contributed by atoms with Gasteiger partial charge in [-0.2, -0.15) is 0 Å². The largest absolute Gasteiger partial charge is 0.352 e. The number of benzene rings is 2. The number of halogens is 1. The molecule has 0 bridgehead atoms. The van der Waals surface area contributed by atoms with E-state index in [-0.39, 0.29) is 11.8 Å². The van der Waals surface area contributed by atoms with Crippen LogP contribution in [-0.4, -0.2) is 36.3 Å². The Kier molecular flexibility index (Phi) is 6.88. The maximum Gasteiger partial charge on any atom is 0.251 e. The molecule has 2 aromatic carbocycles. The number of nitrogens with zero attached hydrogens (tertiary/aromatic N) is 1. The molecule has 0 radical (unpaired) electrons. The summed E-state index contributed by atoms with van der Waals surface area (Å²) in [4.78, 5) is 26.4. The number of likely N-dealkylation sites (tertiary alicyclic amines) is 1. The van der Waals surface area contributed by atoms with Gasteiger partial charge in [-0.3, -0.25) is 9.59 Å². The lowest BCUT2D eigenvalue weighted by Crippen LogP contribution is -2.38. The zero-order valence-electron chi connectivity index (χ0n) is 15.4. The fraction of sp³-hybridized carbons (Fsp3) is 0.364. The van der Waals surface area contributed by atoms with Crippen molar-refractivity contribution < 1.29 is 9.59 Å². The summed E-state index contributed by atoms with van der Waals surface area (Å²) in [6.07, 6.45) is 3.15. The highest BCUT2D eigenvalue weighted by Crippen LogP contribution is 2.28. The molecule has 0 aliphatic carbocycles. The van der Waals surface area contributed by atoms with Gasteiger partial charge < -0.3 is 10.2 Å². The molecule has 0 spiro atoms. The minimum atomic E-state index is -0.136. The first kappa shape index (κ1) is 19.4. The molecule has 1 aliphatic heterocycles. The van der Waals surface area contributed by atoms with E-state index in [0.717, 1.165) is 25.9 Å². The molecule has 3 rings (SSSR count). The number of carbonyl (C=O) groups is 2. The normalized spacial score (nSPS) is 14.8. The molecule has 27 heavy (non-hydrogen) atoms. The number of carbonyl (C=O) groups excluding carboxylic acids is 2. The molecule has 0 unspecified atom stereocenters. The Morgan fingerprint density at radius 3 is 2.33 bits per heavy atom. The van der Waals surface area contributed by atoms with Gasteiger partial charge in [-0.25, -0.2) is 0 Å². The molecule has 1 fully saturated rings. The first-order valence-corrected chi connectivity index (χ1v) is 9.88. The van der Waals surface area contributed by atoms with Crippen molar-refractivity contribution in [3.63, 3.8) is 0 Å². The number of nitrogens with one attached hydrogen (secondary N) is 1. The van der Waals surface area contributed by atoms with Crippen molar-refractivity contribution >= 4 is 23.4 Å². The molecule has 2 amide bonds. The third-order valence-corrected chi connectivity index (χ3v) is 5.33. The van der Waals surface area contributed by atoms with Crippen LogP contribution in [0, 0.1) is 0 Å². The summed E-state index contributed by atoms with van der Waals surface area (Å²) in [6, 6.07) is 17.3. The number of hydrogen-bond donors (Lipinski definition) is 1. The molecule has 2 aromatic rings. The quantitative estimate of drug-likeness (QED) is 0.756. The van der Waals surface area contributed by atoms with Crippen molar-refractivity contribution in [3.05, 3.63) is 70.7 Å². The summed E-state index contributed by atoms with van der Waals surface area (Å²) >= 11 is 5.82. The highest BCUT2D eigenvalue weighted by Gasteiger charge is 2.23.